The summed E-state index contributed by atoms with van der Waals surface area (Å²) >= 11 is 0. The van der Waals surface area contributed by atoms with E-state index < -0.39 is 29.9 Å². The van der Waals surface area contributed by atoms with Crippen LogP contribution in [0.4, 0.5) is 0 Å². The fourth-order valence-electron chi connectivity index (χ4n) is 4.20. The molecule has 218 valence electrons. The molecule has 0 rings (SSSR count). The number of hydrogen-bond donors (Lipinski definition) is 4. The highest BCUT2D eigenvalue weighted by atomic mass is 16.4. The van der Waals surface area contributed by atoms with Gasteiger partial charge in [-0.2, -0.15) is 0 Å². The molecule has 0 aromatic rings. The third kappa shape index (κ3) is 21.3. The van der Waals surface area contributed by atoms with Crippen LogP contribution in [-0.2, 0) is 19.2 Å². The SMILES string of the molecule is CCCCCCCCCCCCCCCC(=O)N[C@@H](CCC(=O)N[C@@H](CCCCN=[N+]=[N-])C(=O)O)C(=O)O. The van der Waals surface area contributed by atoms with Crippen molar-refractivity contribution in [2.24, 2.45) is 5.11 Å². The van der Waals surface area contributed by atoms with Gasteiger partial charge in [-0.3, -0.25) is 9.59 Å². The molecular weight excluding hydrogens is 490 g/mol. The van der Waals surface area contributed by atoms with E-state index in [1.807, 2.05) is 0 Å². The number of hydrogen-bond acceptors (Lipinski definition) is 5. The summed E-state index contributed by atoms with van der Waals surface area (Å²) in [5.41, 5.74) is 8.25. The topological polar surface area (TPSA) is 182 Å². The average Bonchev–Trinajstić information content (AvgIpc) is 2.88. The van der Waals surface area contributed by atoms with E-state index in [1.165, 1.54) is 57.8 Å². The molecule has 2 atom stereocenters. The Bertz CT molecular complexity index is 727. The van der Waals surface area contributed by atoms with Crippen LogP contribution < -0.4 is 10.6 Å². The zero-order chi connectivity index (χ0) is 28.4. The quantitative estimate of drug-likeness (QED) is 0.0461. The summed E-state index contributed by atoms with van der Waals surface area (Å²) in [4.78, 5) is 49.9. The summed E-state index contributed by atoms with van der Waals surface area (Å²) in [6, 6.07) is -2.32. The van der Waals surface area contributed by atoms with Crippen LogP contribution in [0.3, 0.4) is 0 Å². The Hall–Kier alpha value is -2.81. The molecule has 0 saturated carbocycles. The van der Waals surface area contributed by atoms with Crippen molar-refractivity contribution in [2.45, 2.75) is 141 Å². The van der Waals surface area contributed by atoms with Crippen LogP contribution in [0.1, 0.15) is 129 Å². The highest BCUT2D eigenvalue weighted by Gasteiger charge is 2.23. The van der Waals surface area contributed by atoms with E-state index in [0.717, 1.165) is 19.3 Å². The number of amides is 2. The summed E-state index contributed by atoms with van der Waals surface area (Å²) < 4.78 is 0. The van der Waals surface area contributed by atoms with Crippen LogP contribution in [0.25, 0.3) is 10.4 Å². The van der Waals surface area contributed by atoms with Gasteiger partial charge in [-0.05, 0) is 31.2 Å². The molecule has 0 saturated heterocycles. The molecule has 11 nitrogen and oxygen atoms in total. The Morgan fingerprint density at radius 1 is 0.658 bits per heavy atom. The van der Waals surface area contributed by atoms with E-state index >= 15 is 0 Å². The lowest BCUT2D eigenvalue weighted by Gasteiger charge is -2.17. The fraction of sp³-hybridized carbons (Fsp3) is 0.852. The molecule has 0 aliphatic heterocycles. The lowest BCUT2D eigenvalue weighted by atomic mass is 10.0. The van der Waals surface area contributed by atoms with Crippen molar-refractivity contribution in [1.82, 2.24) is 10.6 Å². The van der Waals surface area contributed by atoms with E-state index in [-0.39, 0.29) is 38.1 Å². The Kier molecular flexibility index (Phi) is 22.7. The van der Waals surface area contributed by atoms with Crippen LogP contribution in [-0.4, -0.2) is 52.6 Å². The predicted molar refractivity (Wildman–Crippen MR) is 147 cm³/mol. The van der Waals surface area contributed by atoms with E-state index in [1.54, 1.807) is 0 Å². The summed E-state index contributed by atoms with van der Waals surface area (Å²) in [6.45, 7) is 2.47. The van der Waals surface area contributed by atoms with E-state index in [2.05, 4.69) is 27.6 Å². The van der Waals surface area contributed by atoms with Gasteiger partial charge in [0.25, 0.3) is 0 Å². The molecule has 0 bridgehead atoms. The van der Waals surface area contributed by atoms with Gasteiger partial charge in [0.1, 0.15) is 12.1 Å². The molecule has 0 aromatic heterocycles. The van der Waals surface area contributed by atoms with Gasteiger partial charge in [0.2, 0.25) is 11.8 Å². The second kappa shape index (κ2) is 24.5. The maximum atomic E-state index is 12.2. The molecule has 4 N–H and O–H groups in total. The summed E-state index contributed by atoms with van der Waals surface area (Å²) in [7, 11) is 0. The Labute approximate surface area is 227 Å². The van der Waals surface area contributed by atoms with Gasteiger partial charge < -0.3 is 20.8 Å². The largest absolute Gasteiger partial charge is 0.480 e. The van der Waals surface area contributed by atoms with Gasteiger partial charge in [0.05, 0.1) is 0 Å². The highest BCUT2D eigenvalue weighted by Crippen LogP contribution is 2.13. The maximum Gasteiger partial charge on any atom is 0.326 e. The predicted octanol–water partition coefficient (Wildman–Crippen LogP) is 5.87. The maximum absolute atomic E-state index is 12.2. The molecule has 0 radical (unpaired) electrons. The first-order chi connectivity index (χ1) is 18.3. The van der Waals surface area contributed by atoms with E-state index in [0.29, 0.717) is 19.3 Å². The van der Waals surface area contributed by atoms with Gasteiger partial charge in [0.15, 0.2) is 0 Å². The molecule has 0 aliphatic rings. The molecule has 0 heterocycles. The molecule has 0 fully saturated rings. The number of carbonyl (C=O) groups excluding carboxylic acids is 2. The van der Waals surface area contributed by atoms with Crippen molar-refractivity contribution in [2.75, 3.05) is 6.54 Å². The first-order valence-electron chi connectivity index (χ1n) is 14.4. The minimum absolute atomic E-state index is 0.130. The molecule has 0 spiro atoms. The number of carboxylic acid groups (broad SMARTS) is 2. The zero-order valence-corrected chi connectivity index (χ0v) is 23.2. The fourth-order valence-corrected chi connectivity index (χ4v) is 4.20. The van der Waals surface area contributed by atoms with Gasteiger partial charge in [-0.25, -0.2) is 9.59 Å². The first-order valence-corrected chi connectivity index (χ1v) is 14.4. The van der Waals surface area contributed by atoms with Gasteiger partial charge in [-0.15, -0.1) is 0 Å². The second-order valence-corrected chi connectivity index (χ2v) is 9.90. The number of nitrogens with zero attached hydrogens (tertiary/aromatic N) is 3. The molecule has 11 heteroatoms. The normalized spacial score (nSPS) is 12.2. The molecular formula is C27H49N5O6. The van der Waals surface area contributed by atoms with E-state index in [4.69, 9.17) is 5.53 Å². The standard InChI is InChI=1S/C27H49N5O6/c1-2-3-4-5-6-7-8-9-10-11-12-13-14-18-24(33)31-23(27(37)38)19-20-25(34)30-22(26(35)36)17-15-16-21-29-32-28/h22-23H,2-21H2,1H3,(H,30,34)(H,31,33)(H,35,36)(H,37,38)/t22-,23-/m0/s1. The smallest absolute Gasteiger partial charge is 0.326 e. The zero-order valence-electron chi connectivity index (χ0n) is 23.2. The highest BCUT2D eigenvalue weighted by molar-refractivity contribution is 5.86. The average molecular weight is 540 g/mol. The van der Waals surface area contributed by atoms with Crippen molar-refractivity contribution in [3.05, 3.63) is 10.4 Å². The number of aliphatic carboxylic acids is 2. The number of rotatable bonds is 26. The monoisotopic (exact) mass is 539 g/mol. The minimum Gasteiger partial charge on any atom is -0.480 e. The van der Waals surface area contributed by atoms with Crippen LogP contribution in [0.15, 0.2) is 5.11 Å². The number of carboxylic acids is 2. The molecule has 38 heavy (non-hydrogen) atoms. The number of unbranched alkanes of at least 4 members (excludes halogenated alkanes) is 13. The van der Waals surface area contributed by atoms with Gasteiger partial charge >= 0.3 is 11.9 Å². The van der Waals surface area contributed by atoms with Crippen LogP contribution >= 0.6 is 0 Å². The lowest BCUT2D eigenvalue weighted by molar-refractivity contribution is -0.143. The van der Waals surface area contributed by atoms with Crippen LogP contribution in [0.5, 0.6) is 0 Å². The van der Waals surface area contributed by atoms with E-state index in [9.17, 15) is 29.4 Å². The Morgan fingerprint density at radius 3 is 1.58 bits per heavy atom. The van der Waals surface area contributed by atoms with Crippen molar-refractivity contribution in [3.8, 4) is 0 Å². The van der Waals surface area contributed by atoms with Crippen molar-refractivity contribution < 1.29 is 29.4 Å². The van der Waals surface area contributed by atoms with Crippen molar-refractivity contribution in [1.29, 1.82) is 0 Å². The molecule has 0 aromatic carbocycles. The van der Waals surface area contributed by atoms with Crippen molar-refractivity contribution in [3.63, 3.8) is 0 Å². The van der Waals surface area contributed by atoms with Gasteiger partial charge in [0, 0.05) is 24.3 Å². The minimum atomic E-state index is -1.23. The molecule has 2 amide bonds. The lowest BCUT2D eigenvalue weighted by Crippen LogP contribution is -2.43. The Balaban J connectivity index is 4.05. The molecule has 0 aliphatic carbocycles. The summed E-state index contributed by atoms with van der Waals surface area (Å²) in [5.74, 6) is -3.37. The van der Waals surface area contributed by atoms with Gasteiger partial charge in [-0.1, -0.05) is 95.5 Å². The molecule has 0 unspecified atom stereocenters. The summed E-state index contributed by atoms with van der Waals surface area (Å²) in [5, 5.41) is 26.9. The van der Waals surface area contributed by atoms with Crippen LogP contribution in [0, 0.1) is 0 Å². The third-order valence-electron chi connectivity index (χ3n) is 6.50. The number of carbonyl (C=O) groups is 4. The Morgan fingerprint density at radius 2 is 1.11 bits per heavy atom. The third-order valence-corrected chi connectivity index (χ3v) is 6.50. The number of nitrogens with one attached hydrogen (secondary N) is 2. The second-order valence-electron chi connectivity index (χ2n) is 9.90. The van der Waals surface area contributed by atoms with Crippen LogP contribution in [0.2, 0.25) is 0 Å². The first kappa shape index (κ1) is 35.2. The summed E-state index contributed by atoms with van der Waals surface area (Å²) in [6.07, 6.45) is 16.5. The van der Waals surface area contributed by atoms with Crippen molar-refractivity contribution >= 4 is 23.8 Å². The number of azide groups is 1.